The van der Waals surface area contributed by atoms with Gasteiger partial charge < -0.3 is 9.80 Å². The molecule has 10 rings (SSSR count). The van der Waals surface area contributed by atoms with E-state index >= 15 is 0 Å². The van der Waals surface area contributed by atoms with E-state index in [2.05, 4.69) is 62.8 Å². The van der Waals surface area contributed by atoms with Gasteiger partial charge in [-0.25, -0.2) is 8.78 Å². The first-order chi connectivity index (χ1) is 29.4. The molecule has 6 fully saturated rings. The summed E-state index contributed by atoms with van der Waals surface area (Å²) < 4.78 is 27.0. The van der Waals surface area contributed by atoms with Crippen LogP contribution in [0.15, 0.2) is 110 Å². The Labute approximate surface area is 355 Å². The van der Waals surface area contributed by atoms with Crippen LogP contribution in [0.1, 0.15) is 101 Å². The van der Waals surface area contributed by atoms with Crippen LogP contribution >= 0.6 is 0 Å². The highest BCUT2D eigenvalue weighted by atomic mass is 19.1. The van der Waals surface area contributed by atoms with Crippen LogP contribution in [0.2, 0.25) is 0 Å². The second kappa shape index (κ2) is 18.4. The van der Waals surface area contributed by atoms with Crippen molar-refractivity contribution in [2.75, 3.05) is 13.1 Å². The highest BCUT2D eigenvalue weighted by Crippen LogP contribution is 2.47. The van der Waals surface area contributed by atoms with Gasteiger partial charge in [0, 0.05) is 72.6 Å². The van der Waals surface area contributed by atoms with Crippen LogP contribution < -0.4 is 0 Å². The number of nitrogens with zero attached hydrogens (tertiary/aromatic N) is 4. The molecule has 5 nitrogen and oxygen atoms in total. The highest BCUT2D eigenvalue weighted by molar-refractivity contribution is 5.79. The SMILES string of the molecule is C=C1CC[C@@H]2C(/C=C/c3ccc(-c4cccc(F)c4)cn3)C3CCCCC(C3)CN12.O=C1CC[C@@H]2C(/C=C/c3ccc(-c4cccc(F)c4)nc3)C3CCCCCC3CN12. The predicted molar refractivity (Wildman–Crippen MR) is 238 cm³/mol. The van der Waals surface area contributed by atoms with Crippen LogP contribution in [0.3, 0.4) is 0 Å². The smallest absolute Gasteiger partial charge is 0.222 e. The molecule has 8 atom stereocenters. The van der Waals surface area contributed by atoms with Gasteiger partial charge in [-0.1, -0.05) is 93.3 Å². The molecule has 4 saturated heterocycles. The Hall–Kier alpha value is -4.91. The third-order valence-corrected chi connectivity index (χ3v) is 14.9. The number of hydrogen-bond donors (Lipinski definition) is 0. The van der Waals surface area contributed by atoms with Crippen molar-refractivity contribution in [2.24, 2.45) is 35.5 Å². The number of benzene rings is 2. The molecule has 6 aliphatic rings. The molecule has 60 heavy (non-hydrogen) atoms. The first kappa shape index (κ1) is 40.5. The largest absolute Gasteiger partial charge is 0.371 e. The number of carbonyl (C=O) groups is 1. The molecule has 312 valence electrons. The number of amides is 1. The number of aromatic nitrogens is 2. The summed E-state index contributed by atoms with van der Waals surface area (Å²) in [5.74, 6) is 3.86. The minimum absolute atomic E-state index is 0.214. The molecule has 4 aliphatic heterocycles. The summed E-state index contributed by atoms with van der Waals surface area (Å²) in [6, 6.07) is 22.3. The molecule has 4 aromatic rings. The summed E-state index contributed by atoms with van der Waals surface area (Å²) in [5, 5.41) is 0. The zero-order valence-corrected chi connectivity index (χ0v) is 35.0. The van der Waals surface area contributed by atoms with Crippen molar-refractivity contribution in [1.29, 1.82) is 0 Å². The maximum Gasteiger partial charge on any atom is 0.222 e. The van der Waals surface area contributed by atoms with Gasteiger partial charge >= 0.3 is 0 Å². The zero-order valence-electron chi connectivity index (χ0n) is 35.0. The summed E-state index contributed by atoms with van der Waals surface area (Å²) in [5.41, 5.74) is 6.77. The van der Waals surface area contributed by atoms with E-state index in [4.69, 9.17) is 0 Å². The monoisotopic (exact) mass is 806 g/mol. The molecule has 6 heterocycles. The first-order valence-electron chi connectivity index (χ1n) is 22.9. The number of rotatable bonds is 6. The van der Waals surface area contributed by atoms with Gasteiger partial charge in [-0.05, 0) is 129 Å². The van der Waals surface area contributed by atoms with Crippen LogP contribution in [0, 0.1) is 47.1 Å². The predicted octanol–water partition coefficient (Wildman–Crippen LogP) is 12.4. The van der Waals surface area contributed by atoms with Crippen molar-refractivity contribution >= 4 is 18.1 Å². The van der Waals surface area contributed by atoms with Gasteiger partial charge in [-0.15, -0.1) is 0 Å². The molecular formula is C53H60F2N4O. The lowest BCUT2D eigenvalue weighted by atomic mass is 9.71. The standard InChI is InChI=1S/C27H31FN2.C26H29FN2O/c1-19-9-14-27-26(22-6-3-2-5-20(15-22)18-30(19)27)13-12-25-11-10-23(17-29-25)21-7-4-8-24(28)16-21;27-21-7-4-6-19(15-21)24-12-10-18(16-28-24)9-11-23-22-8-3-1-2-5-20(22)17-29-25(23)13-14-26(29)30/h4,7-8,10-13,16-17,20,22,26-27H,1-3,5-6,9,14-15,18H2;4,6-7,9-12,15-16,20,22-23,25H,1-3,5,8,13-14,17H2/b13-12+;11-9+/t20?,22?,26?,27-;20?,22?,23?,25-/m11/s1. The van der Waals surface area contributed by atoms with Crippen molar-refractivity contribution in [3.8, 4) is 22.4 Å². The van der Waals surface area contributed by atoms with Gasteiger partial charge in [0.25, 0.3) is 0 Å². The van der Waals surface area contributed by atoms with Crippen molar-refractivity contribution < 1.29 is 13.6 Å². The lowest BCUT2D eigenvalue weighted by Gasteiger charge is -2.45. The number of piperidine rings is 1. The Balaban J connectivity index is 0.000000154. The molecule has 2 saturated carbocycles. The maximum absolute atomic E-state index is 13.5. The van der Waals surface area contributed by atoms with Gasteiger partial charge in [0.05, 0.1) is 11.4 Å². The van der Waals surface area contributed by atoms with Crippen molar-refractivity contribution in [1.82, 2.24) is 19.8 Å². The molecule has 2 aromatic heterocycles. The highest BCUT2D eigenvalue weighted by Gasteiger charge is 2.47. The third kappa shape index (κ3) is 9.06. The van der Waals surface area contributed by atoms with Crippen LogP contribution in [0.25, 0.3) is 34.5 Å². The van der Waals surface area contributed by atoms with E-state index in [0.717, 1.165) is 64.9 Å². The van der Waals surface area contributed by atoms with Gasteiger partial charge in [-0.2, -0.15) is 0 Å². The molecule has 2 aromatic carbocycles. The van der Waals surface area contributed by atoms with E-state index in [0.29, 0.717) is 48.1 Å². The van der Waals surface area contributed by atoms with Crippen molar-refractivity contribution in [2.45, 2.75) is 102 Å². The second-order valence-electron chi connectivity index (χ2n) is 18.5. The van der Waals surface area contributed by atoms with E-state index in [1.807, 2.05) is 36.7 Å². The van der Waals surface area contributed by atoms with Crippen LogP contribution in [0.5, 0.6) is 0 Å². The van der Waals surface area contributed by atoms with E-state index in [1.165, 1.54) is 101 Å². The van der Waals surface area contributed by atoms with E-state index < -0.39 is 0 Å². The van der Waals surface area contributed by atoms with E-state index in [1.54, 1.807) is 18.2 Å². The first-order valence-corrected chi connectivity index (χ1v) is 22.9. The van der Waals surface area contributed by atoms with Crippen LogP contribution in [-0.2, 0) is 4.79 Å². The normalized spacial score (nSPS) is 29.0. The minimum atomic E-state index is -0.246. The fraction of sp³-hybridized carbons (Fsp3) is 0.453. The van der Waals surface area contributed by atoms with Crippen molar-refractivity contribution in [3.63, 3.8) is 0 Å². The summed E-state index contributed by atoms with van der Waals surface area (Å²) in [4.78, 5) is 26.5. The number of fused-ring (bicyclic) bond motifs is 5. The average Bonchev–Trinajstić information content (AvgIpc) is 3.52. The Morgan fingerprint density at radius 1 is 0.633 bits per heavy atom. The van der Waals surface area contributed by atoms with Gasteiger partial charge in [0.15, 0.2) is 0 Å². The topological polar surface area (TPSA) is 49.3 Å². The molecule has 1 amide bonds. The number of carbonyl (C=O) groups excluding carboxylic acids is 1. The zero-order chi connectivity index (χ0) is 41.0. The third-order valence-electron chi connectivity index (χ3n) is 14.9. The second-order valence-corrected chi connectivity index (χ2v) is 18.5. The number of pyridine rings is 2. The summed E-state index contributed by atoms with van der Waals surface area (Å²) in [7, 11) is 0. The summed E-state index contributed by atoms with van der Waals surface area (Å²) in [6.45, 7) is 6.57. The number of halogens is 2. The Bertz CT molecular complexity index is 2080. The van der Waals surface area contributed by atoms with Gasteiger partial charge in [-0.3, -0.25) is 14.8 Å². The van der Waals surface area contributed by atoms with E-state index in [9.17, 15) is 13.6 Å². The van der Waals surface area contributed by atoms with Gasteiger partial charge in [0.2, 0.25) is 5.91 Å². The quantitative estimate of drug-likeness (QED) is 0.195. The number of hydrogen-bond acceptors (Lipinski definition) is 4. The fourth-order valence-electron chi connectivity index (χ4n) is 11.9. The van der Waals surface area contributed by atoms with E-state index in [-0.39, 0.29) is 11.6 Å². The minimum Gasteiger partial charge on any atom is -0.371 e. The lowest BCUT2D eigenvalue weighted by molar-refractivity contribution is -0.132. The molecular weight excluding hydrogens is 747 g/mol. The fourth-order valence-corrected chi connectivity index (χ4v) is 11.9. The Morgan fingerprint density at radius 3 is 2.17 bits per heavy atom. The van der Waals surface area contributed by atoms with Crippen molar-refractivity contribution in [3.05, 3.63) is 133 Å². The average molecular weight is 807 g/mol. The molecule has 0 N–H and O–H groups in total. The van der Waals surface area contributed by atoms with Crippen LogP contribution in [0.4, 0.5) is 8.78 Å². The molecule has 2 bridgehead atoms. The molecule has 7 heteroatoms. The lowest BCUT2D eigenvalue weighted by Crippen LogP contribution is -2.50. The summed E-state index contributed by atoms with van der Waals surface area (Å²) in [6.07, 6.45) is 30.3. The maximum atomic E-state index is 13.5. The Kier molecular flexibility index (Phi) is 12.4. The molecule has 0 radical (unpaired) electrons. The Morgan fingerprint density at radius 2 is 1.37 bits per heavy atom. The summed E-state index contributed by atoms with van der Waals surface area (Å²) >= 11 is 0. The molecule has 6 unspecified atom stereocenters. The van der Waals surface area contributed by atoms with Gasteiger partial charge in [0.1, 0.15) is 11.6 Å². The van der Waals surface area contributed by atoms with Crippen LogP contribution in [-0.4, -0.2) is 50.8 Å². The molecule has 2 aliphatic carbocycles. The number of allylic oxidation sites excluding steroid dienone is 1. The molecule has 0 spiro atoms.